The van der Waals surface area contributed by atoms with E-state index in [-0.39, 0.29) is 5.41 Å². The third-order valence-corrected chi connectivity index (χ3v) is 15.9. The first-order valence-corrected chi connectivity index (χ1v) is 23.7. The Labute approximate surface area is 389 Å². The summed E-state index contributed by atoms with van der Waals surface area (Å²) in [5.41, 5.74) is 24.0. The molecule has 3 nitrogen and oxygen atoms in total. The SMILES string of the molecule is CC1(C)C2=C(CCC=C2)c2ccc(N(c3cccc(-c4cccc5c4oc4ccccc45)c3)c3ccc4c(c3)C3(c5ccccc5-4)c4ccccc4-n4c5ccccc5c5cccc3c54)cc21. The lowest BCUT2D eigenvalue weighted by atomic mass is 9.65. The van der Waals surface area contributed by atoms with Crippen molar-refractivity contribution >= 4 is 66.4 Å². The summed E-state index contributed by atoms with van der Waals surface area (Å²) >= 11 is 0. The summed E-state index contributed by atoms with van der Waals surface area (Å²) in [6.45, 7) is 4.81. The second kappa shape index (κ2) is 13.2. The molecular weight excluding hydrogens is 813 g/mol. The Kier molecular flexibility index (Phi) is 7.34. The quantitative estimate of drug-likeness (QED) is 0.176. The molecule has 0 amide bonds. The number of allylic oxidation sites excluding steroid dienone is 4. The highest BCUT2D eigenvalue weighted by Gasteiger charge is 2.51. The fourth-order valence-corrected chi connectivity index (χ4v) is 13.0. The molecule has 67 heavy (non-hydrogen) atoms. The van der Waals surface area contributed by atoms with Crippen molar-refractivity contribution in [3.8, 4) is 27.9 Å². The van der Waals surface area contributed by atoms with Gasteiger partial charge in [-0.3, -0.25) is 0 Å². The van der Waals surface area contributed by atoms with Crippen molar-refractivity contribution in [3.05, 3.63) is 245 Å². The lowest BCUT2D eigenvalue weighted by molar-refractivity contribution is 0.651. The number of aromatic nitrogens is 1. The minimum absolute atomic E-state index is 0.116. The van der Waals surface area contributed by atoms with Gasteiger partial charge in [0.05, 0.1) is 22.1 Å². The lowest BCUT2D eigenvalue weighted by Gasteiger charge is -2.40. The van der Waals surface area contributed by atoms with Gasteiger partial charge >= 0.3 is 0 Å². The predicted octanol–water partition coefficient (Wildman–Crippen LogP) is 16.9. The van der Waals surface area contributed by atoms with Crippen LogP contribution in [0.3, 0.4) is 0 Å². The number of anilines is 3. The molecule has 1 spiro atoms. The number of benzene rings is 9. The minimum atomic E-state index is -0.567. The van der Waals surface area contributed by atoms with E-state index in [1.165, 1.54) is 83.1 Å². The Balaban J connectivity index is 0.999. The first kappa shape index (κ1) is 37.1. The second-order valence-corrected chi connectivity index (χ2v) is 19.5. The van der Waals surface area contributed by atoms with Gasteiger partial charge in [0.25, 0.3) is 0 Å². The molecule has 0 bridgehead atoms. The van der Waals surface area contributed by atoms with E-state index in [0.29, 0.717) is 0 Å². The number of nitrogens with zero attached hydrogens (tertiary/aromatic N) is 2. The molecule has 0 N–H and O–H groups in total. The largest absolute Gasteiger partial charge is 0.455 e. The van der Waals surface area contributed by atoms with Crippen LogP contribution in [0.4, 0.5) is 17.1 Å². The van der Waals surface area contributed by atoms with Gasteiger partial charge in [0.1, 0.15) is 11.2 Å². The van der Waals surface area contributed by atoms with Crippen LogP contribution in [0.1, 0.15) is 60.1 Å². The summed E-state index contributed by atoms with van der Waals surface area (Å²) in [5, 5.41) is 4.83. The van der Waals surface area contributed by atoms with Crippen LogP contribution < -0.4 is 4.90 Å². The van der Waals surface area contributed by atoms with Crippen molar-refractivity contribution < 1.29 is 4.42 Å². The molecule has 0 saturated heterocycles. The number of hydrogen-bond acceptors (Lipinski definition) is 2. The van der Waals surface area contributed by atoms with E-state index in [4.69, 9.17) is 4.42 Å². The van der Waals surface area contributed by atoms with Crippen molar-refractivity contribution in [3.63, 3.8) is 0 Å². The number of para-hydroxylation sites is 5. The molecule has 1 unspecified atom stereocenters. The topological polar surface area (TPSA) is 21.3 Å². The predicted molar refractivity (Wildman–Crippen MR) is 277 cm³/mol. The average Bonchev–Trinajstić information content (AvgIpc) is 4.08. The monoisotopic (exact) mass is 856 g/mol. The molecule has 15 rings (SSSR count). The van der Waals surface area contributed by atoms with Crippen molar-refractivity contribution in [1.82, 2.24) is 4.57 Å². The van der Waals surface area contributed by atoms with Crippen LogP contribution in [0.5, 0.6) is 0 Å². The third kappa shape index (κ3) is 4.75. The molecule has 3 heterocycles. The van der Waals surface area contributed by atoms with E-state index in [1.54, 1.807) is 0 Å². The molecule has 2 aromatic heterocycles. The van der Waals surface area contributed by atoms with Crippen LogP contribution in [-0.2, 0) is 10.8 Å². The number of hydrogen-bond donors (Lipinski definition) is 0. The first-order valence-electron chi connectivity index (χ1n) is 23.7. The van der Waals surface area contributed by atoms with E-state index < -0.39 is 5.41 Å². The molecule has 3 aliphatic carbocycles. The zero-order valence-electron chi connectivity index (χ0n) is 37.3. The van der Waals surface area contributed by atoms with Gasteiger partial charge in [0, 0.05) is 49.6 Å². The van der Waals surface area contributed by atoms with Crippen molar-refractivity contribution in [2.24, 2.45) is 0 Å². The van der Waals surface area contributed by atoms with Gasteiger partial charge in [-0.15, -0.1) is 0 Å². The Bertz CT molecular complexity index is 4040. The number of fused-ring (bicyclic) bond motifs is 17. The summed E-state index contributed by atoms with van der Waals surface area (Å²) in [6.07, 6.45) is 6.92. The summed E-state index contributed by atoms with van der Waals surface area (Å²) in [6, 6.07) is 72.8. The molecule has 0 fully saturated rings. The Morgan fingerprint density at radius 2 is 1.15 bits per heavy atom. The van der Waals surface area contributed by atoms with E-state index >= 15 is 0 Å². The molecular formula is C64H44N2O. The molecule has 316 valence electrons. The zero-order valence-corrected chi connectivity index (χ0v) is 37.3. The lowest BCUT2D eigenvalue weighted by Crippen LogP contribution is -2.33. The second-order valence-electron chi connectivity index (χ2n) is 19.5. The van der Waals surface area contributed by atoms with Crippen molar-refractivity contribution in [1.29, 1.82) is 0 Å². The highest BCUT2D eigenvalue weighted by atomic mass is 16.3. The van der Waals surface area contributed by atoms with Gasteiger partial charge in [0.2, 0.25) is 0 Å². The molecule has 4 aliphatic rings. The molecule has 11 aromatic rings. The van der Waals surface area contributed by atoms with Gasteiger partial charge in [0.15, 0.2) is 0 Å². The summed E-state index contributed by atoms with van der Waals surface area (Å²) < 4.78 is 9.17. The first-order chi connectivity index (χ1) is 33.0. The summed E-state index contributed by atoms with van der Waals surface area (Å²) in [7, 11) is 0. The van der Waals surface area contributed by atoms with Crippen LogP contribution in [0.25, 0.3) is 77.3 Å². The zero-order chi connectivity index (χ0) is 44.2. The fourth-order valence-electron chi connectivity index (χ4n) is 13.0. The van der Waals surface area contributed by atoms with Gasteiger partial charge in [-0.25, -0.2) is 0 Å². The third-order valence-electron chi connectivity index (χ3n) is 15.9. The normalized spacial score (nSPS) is 17.0. The molecule has 0 radical (unpaired) electrons. The van der Waals surface area contributed by atoms with E-state index in [9.17, 15) is 0 Å². The van der Waals surface area contributed by atoms with Crippen LogP contribution in [-0.4, -0.2) is 4.57 Å². The maximum absolute atomic E-state index is 6.64. The maximum Gasteiger partial charge on any atom is 0.143 e. The molecule has 3 heteroatoms. The smallest absolute Gasteiger partial charge is 0.143 e. The standard InChI is InChI=1S/C64H44N2O/c1-63(2)52-25-7-3-18-44(52)46-34-32-41(37-56(46)63)65(40-17-13-16-39(36-40)43-22-14-24-51-49-21-6-12-31-60(49)67-62(43)51)42-33-35-47-45-19-4-8-26-53(45)64(57(47)38-42)54-27-9-11-30-59(54)66-58-29-10-5-20-48(58)50-23-15-28-55(64)61(50)66/h4-17,19-38H,3,18H2,1-2H3. The number of rotatable bonds is 4. The maximum atomic E-state index is 6.64. The Morgan fingerprint density at radius 1 is 0.493 bits per heavy atom. The Morgan fingerprint density at radius 3 is 2.06 bits per heavy atom. The minimum Gasteiger partial charge on any atom is -0.455 e. The van der Waals surface area contributed by atoms with Crippen LogP contribution in [0.15, 0.2) is 216 Å². The summed E-state index contributed by atoms with van der Waals surface area (Å²) in [5.74, 6) is 0. The van der Waals surface area contributed by atoms with E-state index in [1.807, 2.05) is 6.07 Å². The molecule has 9 aromatic carbocycles. The van der Waals surface area contributed by atoms with Gasteiger partial charge < -0.3 is 13.9 Å². The van der Waals surface area contributed by atoms with Gasteiger partial charge in [-0.1, -0.05) is 166 Å². The highest BCUT2D eigenvalue weighted by molar-refractivity contribution is 6.13. The Hall–Kier alpha value is -8.14. The van der Waals surface area contributed by atoms with E-state index in [0.717, 1.165) is 63.0 Å². The average molecular weight is 857 g/mol. The molecule has 1 aliphatic heterocycles. The van der Waals surface area contributed by atoms with E-state index in [2.05, 4.69) is 224 Å². The van der Waals surface area contributed by atoms with Crippen molar-refractivity contribution in [2.75, 3.05) is 4.90 Å². The fraction of sp³-hybridized carbons (Fsp3) is 0.0938. The van der Waals surface area contributed by atoms with Gasteiger partial charge in [-0.05, 0) is 129 Å². The summed E-state index contributed by atoms with van der Waals surface area (Å²) in [4.78, 5) is 2.51. The highest BCUT2D eigenvalue weighted by Crippen LogP contribution is 2.62. The van der Waals surface area contributed by atoms with Crippen molar-refractivity contribution in [2.45, 2.75) is 37.5 Å². The van der Waals surface area contributed by atoms with Gasteiger partial charge in [-0.2, -0.15) is 0 Å². The molecule has 0 saturated carbocycles. The number of furan rings is 1. The van der Waals surface area contributed by atoms with Crippen LogP contribution in [0, 0.1) is 0 Å². The van der Waals surface area contributed by atoms with Crippen LogP contribution >= 0.6 is 0 Å². The molecule has 1 atom stereocenters. The van der Waals surface area contributed by atoms with Crippen LogP contribution in [0.2, 0.25) is 0 Å².